The summed E-state index contributed by atoms with van der Waals surface area (Å²) >= 11 is 0. The van der Waals surface area contributed by atoms with Gasteiger partial charge in [-0.2, -0.15) is 0 Å². The summed E-state index contributed by atoms with van der Waals surface area (Å²) in [5.41, 5.74) is 5.67. The van der Waals surface area contributed by atoms with Gasteiger partial charge in [0.25, 0.3) is 0 Å². The van der Waals surface area contributed by atoms with E-state index >= 15 is 0 Å². The molecule has 1 amide bonds. The van der Waals surface area contributed by atoms with E-state index in [4.69, 9.17) is 10.5 Å². The minimum atomic E-state index is -0.355. The van der Waals surface area contributed by atoms with Gasteiger partial charge in [0.1, 0.15) is 0 Å². The Morgan fingerprint density at radius 3 is 2.69 bits per heavy atom. The van der Waals surface area contributed by atoms with Crippen LogP contribution in [0.2, 0.25) is 0 Å². The van der Waals surface area contributed by atoms with Crippen LogP contribution in [0.3, 0.4) is 0 Å². The molecule has 2 N–H and O–H groups in total. The lowest BCUT2D eigenvalue weighted by molar-refractivity contribution is -0.132. The minimum Gasteiger partial charge on any atom is -0.383 e. The first-order valence-corrected chi connectivity index (χ1v) is 4.63. The lowest BCUT2D eigenvalue weighted by atomic mass is 10.1. The van der Waals surface area contributed by atoms with Crippen molar-refractivity contribution in [2.24, 2.45) is 5.73 Å². The third kappa shape index (κ3) is 4.85. The van der Waals surface area contributed by atoms with Gasteiger partial charge in [-0.05, 0) is 6.42 Å². The van der Waals surface area contributed by atoms with E-state index in [2.05, 4.69) is 0 Å². The molecule has 0 aromatic rings. The number of nitrogens with zero attached hydrogens (tertiary/aromatic N) is 1. The first-order valence-electron chi connectivity index (χ1n) is 4.63. The van der Waals surface area contributed by atoms with E-state index in [0.717, 1.165) is 12.8 Å². The highest BCUT2D eigenvalue weighted by Crippen LogP contribution is 1.97. The molecule has 0 saturated heterocycles. The van der Waals surface area contributed by atoms with E-state index in [1.807, 2.05) is 6.92 Å². The predicted molar refractivity (Wildman–Crippen MR) is 52.4 cm³/mol. The van der Waals surface area contributed by atoms with Crippen molar-refractivity contribution in [2.75, 3.05) is 27.3 Å². The molecule has 0 unspecified atom stereocenters. The first-order chi connectivity index (χ1) is 6.13. The van der Waals surface area contributed by atoms with Gasteiger partial charge in [0.15, 0.2) is 0 Å². The highest BCUT2D eigenvalue weighted by molar-refractivity contribution is 5.81. The summed E-state index contributed by atoms with van der Waals surface area (Å²) < 4.78 is 4.87. The van der Waals surface area contributed by atoms with Crippen LogP contribution in [0.15, 0.2) is 0 Å². The molecule has 78 valence electrons. The number of carbonyl (C=O) groups excluding carboxylic acids is 1. The van der Waals surface area contributed by atoms with Gasteiger partial charge in [0, 0.05) is 20.7 Å². The van der Waals surface area contributed by atoms with Crippen LogP contribution in [0.5, 0.6) is 0 Å². The lowest BCUT2D eigenvalue weighted by Crippen LogP contribution is -2.42. The molecule has 0 heterocycles. The molecule has 1 atom stereocenters. The lowest BCUT2D eigenvalue weighted by Gasteiger charge is -2.20. The maximum Gasteiger partial charge on any atom is 0.239 e. The fourth-order valence-electron chi connectivity index (χ4n) is 1.06. The van der Waals surface area contributed by atoms with Gasteiger partial charge in [0.2, 0.25) is 5.91 Å². The number of rotatable bonds is 6. The van der Waals surface area contributed by atoms with Gasteiger partial charge < -0.3 is 15.4 Å². The van der Waals surface area contributed by atoms with Crippen LogP contribution in [0, 0.1) is 0 Å². The van der Waals surface area contributed by atoms with Crippen LogP contribution in [-0.2, 0) is 9.53 Å². The van der Waals surface area contributed by atoms with Crippen molar-refractivity contribution in [3.8, 4) is 0 Å². The quantitative estimate of drug-likeness (QED) is 0.648. The molecule has 0 aromatic heterocycles. The predicted octanol–water partition coefficient (Wildman–Crippen LogP) is 0.219. The van der Waals surface area contributed by atoms with Crippen LogP contribution in [0.1, 0.15) is 19.8 Å². The molecular weight excluding hydrogens is 168 g/mol. The Morgan fingerprint density at radius 1 is 1.62 bits per heavy atom. The topological polar surface area (TPSA) is 55.6 Å². The molecule has 0 bridgehead atoms. The summed E-state index contributed by atoms with van der Waals surface area (Å²) in [7, 11) is 3.36. The van der Waals surface area contributed by atoms with E-state index in [1.165, 1.54) is 0 Å². The Kier molecular flexibility index (Phi) is 6.54. The molecule has 0 radical (unpaired) electrons. The Balaban J connectivity index is 3.79. The highest BCUT2D eigenvalue weighted by atomic mass is 16.5. The molecule has 0 spiro atoms. The number of hydrogen-bond acceptors (Lipinski definition) is 3. The molecule has 0 aliphatic rings. The molecule has 13 heavy (non-hydrogen) atoms. The summed E-state index contributed by atoms with van der Waals surface area (Å²) in [5, 5.41) is 0. The number of amides is 1. The zero-order valence-corrected chi connectivity index (χ0v) is 8.75. The van der Waals surface area contributed by atoms with Crippen LogP contribution in [0.4, 0.5) is 0 Å². The van der Waals surface area contributed by atoms with Gasteiger partial charge >= 0.3 is 0 Å². The summed E-state index contributed by atoms with van der Waals surface area (Å²) in [4.78, 5) is 13.1. The maximum atomic E-state index is 11.5. The summed E-state index contributed by atoms with van der Waals surface area (Å²) in [6.07, 6.45) is 1.68. The molecule has 0 rings (SSSR count). The summed E-state index contributed by atoms with van der Waals surface area (Å²) in [6.45, 7) is 3.18. The average molecular weight is 188 g/mol. The second-order valence-corrected chi connectivity index (χ2v) is 3.15. The SMILES string of the molecule is CCC[C@H](N)C(=O)N(C)CCOC. The Labute approximate surface area is 80.0 Å². The van der Waals surface area contributed by atoms with Crippen molar-refractivity contribution >= 4 is 5.91 Å². The van der Waals surface area contributed by atoms with Gasteiger partial charge in [-0.1, -0.05) is 13.3 Å². The third-order valence-electron chi connectivity index (χ3n) is 1.92. The normalized spacial score (nSPS) is 12.6. The molecule has 4 nitrogen and oxygen atoms in total. The van der Waals surface area contributed by atoms with Crippen molar-refractivity contribution < 1.29 is 9.53 Å². The van der Waals surface area contributed by atoms with Crippen molar-refractivity contribution in [2.45, 2.75) is 25.8 Å². The molecule has 0 aliphatic carbocycles. The van der Waals surface area contributed by atoms with E-state index in [1.54, 1.807) is 19.1 Å². The van der Waals surface area contributed by atoms with E-state index in [9.17, 15) is 4.79 Å². The number of methoxy groups -OCH3 is 1. The Bertz CT molecular complexity index is 151. The van der Waals surface area contributed by atoms with Crippen LogP contribution < -0.4 is 5.73 Å². The standard InChI is InChI=1S/C9H20N2O2/c1-4-5-8(10)9(12)11(2)6-7-13-3/h8H,4-7,10H2,1-3H3/t8-/m0/s1. The van der Waals surface area contributed by atoms with E-state index < -0.39 is 0 Å². The number of nitrogens with two attached hydrogens (primary N) is 1. The molecule has 0 fully saturated rings. The third-order valence-corrected chi connectivity index (χ3v) is 1.92. The molecule has 0 saturated carbocycles. The van der Waals surface area contributed by atoms with E-state index in [0.29, 0.717) is 13.2 Å². The second kappa shape index (κ2) is 6.86. The van der Waals surface area contributed by atoms with Gasteiger partial charge in [-0.3, -0.25) is 4.79 Å². The fourth-order valence-corrected chi connectivity index (χ4v) is 1.06. The van der Waals surface area contributed by atoms with E-state index in [-0.39, 0.29) is 11.9 Å². The van der Waals surface area contributed by atoms with Crippen molar-refractivity contribution in [1.29, 1.82) is 0 Å². The maximum absolute atomic E-state index is 11.5. The second-order valence-electron chi connectivity index (χ2n) is 3.15. The van der Waals surface area contributed by atoms with Crippen LogP contribution in [-0.4, -0.2) is 44.2 Å². The van der Waals surface area contributed by atoms with Gasteiger partial charge in [-0.15, -0.1) is 0 Å². The molecule has 0 aliphatic heterocycles. The Morgan fingerprint density at radius 2 is 2.23 bits per heavy atom. The van der Waals surface area contributed by atoms with Crippen molar-refractivity contribution in [3.63, 3.8) is 0 Å². The molecule has 4 heteroatoms. The fraction of sp³-hybridized carbons (Fsp3) is 0.889. The smallest absolute Gasteiger partial charge is 0.239 e. The van der Waals surface area contributed by atoms with Gasteiger partial charge in [0.05, 0.1) is 12.6 Å². The number of likely N-dealkylation sites (N-methyl/N-ethyl adjacent to an activating group) is 1. The zero-order chi connectivity index (χ0) is 10.3. The largest absolute Gasteiger partial charge is 0.383 e. The number of hydrogen-bond donors (Lipinski definition) is 1. The van der Waals surface area contributed by atoms with Crippen molar-refractivity contribution in [1.82, 2.24) is 4.90 Å². The van der Waals surface area contributed by atoms with Crippen LogP contribution in [0.25, 0.3) is 0 Å². The number of carbonyl (C=O) groups is 1. The minimum absolute atomic E-state index is 0.00102. The highest BCUT2D eigenvalue weighted by Gasteiger charge is 2.16. The monoisotopic (exact) mass is 188 g/mol. The van der Waals surface area contributed by atoms with Crippen LogP contribution >= 0.6 is 0 Å². The molecular formula is C9H20N2O2. The molecule has 0 aromatic carbocycles. The first kappa shape index (κ1) is 12.4. The summed E-state index contributed by atoms with van der Waals surface area (Å²) in [5.74, 6) is -0.00102. The average Bonchev–Trinajstić information content (AvgIpc) is 2.13. The van der Waals surface area contributed by atoms with Gasteiger partial charge in [-0.25, -0.2) is 0 Å². The Hall–Kier alpha value is -0.610. The summed E-state index contributed by atoms with van der Waals surface area (Å²) in [6, 6.07) is -0.355. The number of ether oxygens (including phenoxy) is 1. The zero-order valence-electron chi connectivity index (χ0n) is 8.75. The van der Waals surface area contributed by atoms with Crippen molar-refractivity contribution in [3.05, 3.63) is 0 Å².